The van der Waals surface area contributed by atoms with Gasteiger partial charge in [-0.15, -0.1) is 0 Å². The Labute approximate surface area is 120 Å². The lowest BCUT2D eigenvalue weighted by atomic mass is 10.2. The topological polar surface area (TPSA) is 77.0 Å². The number of carbonyl (C=O) groups is 2. The number of carbonyl (C=O) groups excluding carboxylic acids is 2. The number of nitrogens with one attached hydrogen (secondary N) is 1. The van der Waals surface area contributed by atoms with Gasteiger partial charge in [-0.05, 0) is 24.3 Å². The van der Waals surface area contributed by atoms with Crippen molar-refractivity contribution in [2.24, 2.45) is 5.10 Å². The van der Waals surface area contributed by atoms with Crippen molar-refractivity contribution in [1.29, 1.82) is 0 Å². The molecule has 0 unspecified atom stereocenters. The van der Waals surface area contributed by atoms with Gasteiger partial charge >= 0.3 is 5.97 Å². The highest BCUT2D eigenvalue weighted by Crippen LogP contribution is 2.15. The molecule has 1 heterocycles. The fraction of sp³-hybridized carbons (Fsp3) is 0.308. The Kier molecular flexibility index (Phi) is 4.95. The molecule has 1 aromatic carbocycles. The highest BCUT2D eigenvalue weighted by Gasteiger charge is 2.19. The number of esters is 1. The van der Waals surface area contributed by atoms with Crippen LogP contribution in [0.4, 0.5) is 0 Å². The molecule has 1 aliphatic heterocycles. The van der Waals surface area contributed by atoms with Crippen molar-refractivity contribution in [3.63, 3.8) is 0 Å². The van der Waals surface area contributed by atoms with Crippen molar-refractivity contribution in [2.75, 3.05) is 13.2 Å². The van der Waals surface area contributed by atoms with Gasteiger partial charge in [-0.25, -0.2) is 10.2 Å². The first-order chi connectivity index (χ1) is 9.65. The fourth-order valence-electron chi connectivity index (χ4n) is 1.53. The molecular weight excluding hydrogens is 284 g/mol. The summed E-state index contributed by atoms with van der Waals surface area (Å²) in [6, 6.07) is 6.88. The zero-order chi connectivity index (χ0) is 14.4. The average Bonchev–Trinajstić information content (AvgIpc) is 2.46. The molecule has 1 N–H and O–H groups in total. The molecule has 0 saturated heterocycles. The van der Waals surface area contributed by atoms with Gasteiger partial charge in [0.05, 0.1) is 0 Å². The van der Waals surface area contributed by atoms with Crippen LogP contribution in [0, 0.1) is 0 Å². The van der Waals surface area contributed by atoms with E-state index in [0.717, 1.165) is 0 Å². The number of hydrazone groups is 1. The van der Waals surface area contributed by atoms with Gasteiger partial charge in [0.15, 0.2) is 0 Å². The highest BCUT2D eigenvalue weighted by molar-refractivity contribution is 6.37. The lowest BCUT2D eigenvalue weighted by Gasteiger charge is -2.11. The van der Waals surface area contributed by atoms with E-state index >= 15 is 0 Å². The summed E-state index contributed by atoms with van der Waals surface area (Å²) in [6.07, 6.45) is 0.540. The van der Waals surface area contributed by atoms with E-state index < -0.39 is 5.97 Å². The van der Waals surface area contributed by atoms with Gasteiger partial charge in [-0.2, -0.15) is 5.10 Å². The number of amides is 1. The first kappa shape index (κ1) is 14.3. The van der Waals surface area contributed by atoms with E-state index in [4.69, 9.17) is 21.1 Å². The molecule has 20 heavy (non-hydrogen) atoms. The van der Waals surface area contributed by atoms with E-state index in [1.54, 1.807) is 24.3 Å². The summed E-state index contributed by atoms with van der Waals surface area (Å²) in [6.45, 7) is 0.335. The minimum absolute atomic E-state index is 0.106. The number of hydrogen-bond acceptors (Lipinski definition) is 5. The third-order valence-electron chi connectivity index (χ3n) is 2.54. The minimum Gasteiger partial charge on any atom is -0.490 e. The molecule has 0 bridgehead atoms. The molecule has 1 aliphatic rings. The maximum atomic E-state index is 11.6. The van der Waals surface area contributed by atoms with E-state index in [9.17, 15) is 9.59 Å². The maximum absolute atomic E-state index is 11.6. The lowest BCUT2D eigenvalue weighted by Crippen LogP contribution is -2.31. The Morgan fingerprint density at radius 1 is 1.25 bits per heavy atom. The summed E-state index contributed by atoms with van der Waals surface area (Å²) in [5.74, 6) is -0.0925. The van der Waals surface area contributed by atoms with E-state index in [1.807, 2.05) is 0 Å². The highest BCUT2D eigenvalue weighted by atomic mass is 35.5. The molecule has 0 saturated carbocycles. The first-order valence-electron chi connectivity index (χ1n) is 6.06. The summed E-state index contributed by atoms with van der Waals surface area (Å²) >= 11 is 5.74. The number of halogens is 1. The van der Waals surface area contributed by atoms with Crippen molar-refractivity contribution in [3.05, 3.63) is 29.3 Å². The first-order valence-corrected chi connectivity index (χ1v) is 6.44. The van der Waals surface area contributed by atoms with Crippen LogP contribution in [0.25, 0.3) is 0 Å². The molecule has 1 amide bonds. The summed E-state index contributed by atoms with van der Waals surface area (Å²) < 4.78 is 10.4. The third-order valence-corrected chi connectivity index (χ3v) is 2.79. The lowest BCUT2D eigenvalue weighted by molar-refractivity contribution is -0.136. The van der Waals surface area contributed by atoms with Crippen LogP contribution >= 0.6 is 11.6 Å². The van der Waals surface area contributed by atoms with Crippen LogP contribution in [-0.2, 0) is 14.3 Å². The number of hydrogen-bond donors (Lipinski definition) is 1. The van der Waals surface area contributed by atoms with Crippen LogP contribution in [0.2, 0.25) is 5.02 Å². The van der Waals surface area contributed by atoms with Gasteiger partial charge in [0.25, 0.3) is 0 Å². The predicted octanol–water partition coefficient (Wildman–Crippen LogP) is 1.53. The average molecular weight is 297 g/mol. The Morgan fingerprint density at radius 2 is 2.00 bits per heavy atom. The molecular formula is C13H13ClN2O4. The summed E-state index contributed by atoms with van der Waals surface area (Å²) in [4.78, 5) is 22.5. The van der Waals surface area contributed by atoms with Crippen molar-refractivity contribution in [1.82, 2.24) is 5.43 Å². The molecule has 0 aliphatic carbocycles. The monoisotopic (exact) mass is 296 g/mol. The van der Waals surface area contributed by atoms with Crippen LogP contribution in [0.3, 0.4) is 0 Å². The van der Waals surface area contributed by atoms with Crippen molar-refractivity contribution in [3.8, 4) is 5.75 Å². The largest absolute Gasteiger partial charge is 0.490 e. The van der Waals surface area contributed by atoms with Crippen LogP contribution in [0.1, 0.15) is 12.8 Å². The van der Waals surface area contributed by atoms with Gasteiger partial charge in [0.1, 0.15) is 24.7 Å². The third kappa shape index (κ3) is 4.24. The second-order valence-electron chi connectivity index (χ2n) is 4.03. The normalized spacial score (nSPS) is 14.2. The molecule has 0 fully saturated rings. The Bertz CT molecular complexity index is 528. The SMILES string of the molecule is O=C1CCC(C(=O)OCCOc2ccc(Cl)cc2)=NN1. The van der Waals surface area contributed by atoms with Gasteiger partial charge in [-0.1, -0.05) is 11.6 Å². The van der Waals surface area contributed by atoms with Crippen LogP contribution in [0.15, 0.2) is 29.4 Å². The fourth-order valence-corrected chi connectivity index (χ4v) is 1.66. The quantitative estimate of drug-likeness (QED) is 0.660. The molecule has 106 valence electrons. The van der Waals surface area contributed by atoms with Crippen molar-refractivity contribution >= 4 is 29.2 Å². The van der Waals surface area contributed by atoms with Crippen LogP contribution in [0.5, 0.6) is 5.75 Å². The smallest absolute Gasteiger partial charge is 0.354 e. The molecule has 0 spiro atoms. The zero-order valence-electron chi connectivity index (χ0n) is 10.6. The number of benzene rings is 1. The molecule has 6 nitrogen and oxygen atoms in total. The van der Waals surface area contributed by atoms with Gasteiger partial charge in [0, 0.05) is 17.9 Å². The molecule has 0 aromatic heterocycles. The second-order valence-corrected chi connectivity index (χ2v) is 4.47. The molecule has 7 heteroatoms. The van der Waals surface area contributed by atoms with Gasteiger partial charge < -0.3 is 9.47 Å². The van der Waals surface area contributed by atoms with E-state index in [0.29, 0.717) is 17.2 Å². The number of ether oxygens (including phenoxy) is 2. The zero-order valence-corrected chi connectivity index (χ0v) is 11.4. The summed E-state index contributed by atoms with van der Waals surface area (Å²) in [7, 11) is 0. The summed E-state index contributed by atoms with van der Waals surface area (Å²) in [5.41, 5.74) is 2.46. The Morgan fingerprint density at radius 3 is 2.65 bits per heavy atom. The number of nitrogens with zero attached hydrogens (tertiary/aromatic N) is 1. The van der Waals surface area contributed by atoms with Crippen LogP contribution < -0.4 is 10.2 Å². The van der Waals surface area contributed by atoms with E-state index in [1.165, 1.54) is 0 Å². The molecule has 0 radical (unpaired) electrons. The summed E-state index contributed by atoms with van der Waals surface area (Å²) in [5, 5.41) is 4.27. The minimum atomic E-state index is -0.537. The van der Waals surface area contributed by atoms with Gasteiger partial charge in [0.2, 0.25) is 5.91 Å². The van der Waals surface area contributed by atoms with Crippen molar-refractivity contribution in [2.45, 2.75) is 12.8 Å². The number of rotatable bonds is 5. The van der Waals surface area contributed by atoms with E-state index in [-0.39, 0.29) is 31.3 Å². The standard InChI is InChI=1S/C13H13ClN2O4/c14-9-1-3-10(4-2-9)19-7-8-20-13(18)11-5-6-12(17)16-15-11/h1-4H,5-8H2,(H,16,17). The second kappa shape index (κ2) is 6.91. The molecule has 0 atom stereocenters. The van der Waals surface area contributed by atoms with Crippen molar-refractivity contribution < 1.29 is 19.1 Å². The molecule has 2 rings (SSSR count). The van der Waals surface area contributed by atoms with Gasteiger partial charge in [-0.3, -0.25) is 4.79 Å². The Balaban J connectivity index is 1.69. The van der Waals surface area contributed by atoms with Crippen LogP contribution in [-0.4, -0.2) is 30.8 Å². The van der Waals surface area contributed by atoms with E-state index in [2.05, 4.69) is 10.5 Å². The Hall–Kier alpha value is -2.08. The molecule has 1 aromatic rings. The maximum Gasteiger partial charge on any atom is 0.354 e. The predicted molar refractivity (Wildman–Crippen MR) is 72.7 cm³/mol.